The van der Waals surface area contributed by atoms with Crippen LogP contribution in [0.5, 0.6) is 0 Å². The molecule has 3 aromatic rings. The number of aryl methyl sites for hydroxylation is 1. The number of nitrogens with one attached hydrogen (secondary N) is 1. The Morgan fingerprint density at radius 3 is 2.71 bits per heavy atom. The van der Waals surface area contributed by atoms with E-state index in [-0.39, 0.29) is 5.91 Å². The Kier molecular flexibility index (Phi) is 4.51. The van der Waals surface area contributed by atoms with Crippen molar-refractivity contribution in [2.45, 2.75) is 19.1 Å². The zero-order valence-corrected chi connectivity index (χ0v) is 14.0. The smallest absolute Gasteiger partial charge is 0.253 e. The quantitative estimate of drug-likeness (QED) is 0.762. The second-order valence-corrected chi connectivity index (χ2v) is 6.12. The van der Waals surface area contributed by atoms with Gasteiger partial charge in [-0.25, -0.2) is 9.97 Å². The van der Waals surface area contributed by atoms with Gasteiger partial charge in [-0.05, 0) is 30.7 Å². The monoisotopic (exact) mass is 344 g/mol. The number of benzene rings is 1. The average molecular weight is 345 g/mol. The van der Waals surface area contributed by atoms with Crippen LogP contribution in [0.4, 0.5) is 0 Å². The number of nitrogens with zero attached hydrogens (tertiary/aromatic N) is 3. The molecular formula is C17H17ClN4O2. The van der Waals surface area contributed by atoms with Crippen LogP contribution in [0.1, 0.15) is 28.9 Å². The van der Waals surface area contributed by atoms with Crippen LogP contribution in [0.2, 0.25) is 5.02 Å². The number of aliphatic hydroxyl groups is 1. The van der Waals surface area contributed by atoms with Gasteiger partial charge in [-0.15, -0.1) is 0 Å². The second-order valence-electron chi connectivity index (χ2n) is 5.68. The summed E-state index contributed by atoms with van der Waals surface area (Å²) in [5.41, 5.74) is 2.44. The number of halogens is 1. The minimum absolute atomic E-state index is 0.310. The molecule has 2 atom stereocenters. The van der Waals surface area contributed by atoms with Crippen molar-refractivity contribution in [3.8, 4) is 0 Å². The highest BCUT2D eigenvalue weighted by molar-refractivity contribution is 6.30. The van der Waals surface area contributed by atoms with Gasteiger partial charge in [0.2, 0.25) is 0 Å². The van der Waals surface area contributed by atoms with Crippen molar-refractivity contribution in [1.82, 2.24) is 19.9 Å². The van der Waals surface area contributed by atoms with Gasteiger partial charge < -0.3 is 15.0 Å². The van der Waals surface area contributed by atoms with Crippen LogP contribution in [0.25, 0.3) is 11.2 Å². The number of carbonyl (C=O) groups excluding carboxylic acids is 1. The van der Waals surface area contributed by atoms with Crippen molar-refractivity contribution < 1.29 is 9.90 Å². The number of amides is 1. The summed E-state index contributed by atoms with van der Waals surface area (Å²) in [6, 6.07) is 8.08. The van der Waals surface area contributed by atoms with Crippen LogP contribution in [-0.4, -0.2) is 31.6 Å². The summed E-state index contributed by atoms with van der Waals surface area (Å²) in [5.74, 6) is -0.310. The molecule has 124 valence electrons. The van der Waals surface area contributed by atoms with Crippen molar-refractivity contribution in [3.05, 3.63) is 59.0 Å². The third-order valence-corrected chi connectivity index (χ3v) is 4.11. The van der Waals surface area contributed by atoms with Gasteiger partial charge in [0.15, 0.2) is 5.65 Å². The van der Waals surface area contributed by atoms with E-state index in [1.54, 1.807) is 48.1 Å². The maximum atomic E-state index is 12.4. The molecule has 0 saturated carbocycles. The Morgan fingerprint density at radius 1 is 1.29 bits per heavy atom. The van der Waals surface area contributed by atoms with E-state index in [4.69, 9.17) is 11.6 Å². The number of fused-ring (bicyclic) bond motifs is 1. The number of hydrogen-bond donors (Lipinski definition) is 2. The van der Waals surface area contributed by atoms with Crippen LogP contribution >= 0.6 is 11.6 Å². The topological polar surface area (TPSA) is 80.0 Å². The molecule has 24 heavy (non-hydrogen) atoms. The van der Waals surface area contributed by atoms with Crippen molar-refractivity contribution in [1.29, 1.82) is 0 Å². The van der Waals surface area contributed by atoms with Gasteiger partial charge in [0.05, 0.1) is 24.0 Å². The number of aliphatic hydroxyl groups excluding tert-OH is 1. The molecule has 1 amide bonds. The zero-order chi connectivity index (χ0) is 17.3. The first-order valence-corrected chi connectivity index (χ1v) is 7.85. The lowest BCUT2D eigenvalue weighted by molar-refractivity contribution is 0.0852. The molecule has 1 aromatic carbocycles. The first-order valence-electron chi connectivity index (χ1n) is 7.47. The minimum atomic E-state index is -0.835. The summed E-state index contributed by atoms with van der Waals surface area (Å²) in [7, 11) is 1.84. The minimum Gasteiger partial charge on any atom is -0.386 e. The fourth-order valence-corrected chi connectivity index (χ4v) is 2.58. The molecule has 0 spiro atoms. The molecular weight excluding hydrogens is 328 g/mol. The Balaban J connectivity index is 1.73. The van der Waals surface area contributed by atoms with E-state index in [0.29, 0.717) is 27.3 Å². The number of hydrogen-bond acceptors (Lipinski definition) is 4. The van der Waals surface area contributed by atoms with Gasteiger partial charge in [0, 0.05) is 18.3 Å². The van der Waals surface area contributed by atoms with E-state index in [1.807, 2.05) is 7.05 Å². The number of imidazole rings is 1. The molecule has 0 saturated heterocycles. The SMILES string of the molecule is CC(NC(=O)c1cnc2c(c1)ncn2C)C(O)c1ccc(Cl)cc1. The number of pyridine rings is 1. The van der Waals surface area contributed by atoms with Gasteiger partial charge >= 0.3 is 0 Å². The highest BCUT2D eigenvalue weighted by Crippen LogP contribution is 2.20. The third-order valence-electron chi connectivity index (χ3n) is 3.86. The summed E-state index contributed by atoms with van der Waals surface area (Å²) in [6.07, 6.45) is 2.31. The van der Waals surface area contributed by atoms with E-state index in [0.717, 1.165) is 0 Å². The fraction of sp³-hybridized carbons (Fsp3) is 0.235. The molecule has 6 nitrogen and oxygen atoms in total. The Hall–Kier alpha value is -2.44. The van der Waals surface area contributed by atoms with E-state index in [1.165, 1.54) is 6.20 Å². The first kappa shape index (κ1) is 16.4. The van der Waals surface area contributed by atoms with Gasteiger partial charge in [0.25, 0.3) is 5.91 Å². The maximum absolute atomic E-state index is 12.4. The predicted octanol–water partition coefficient (Wildman–Crippen LogP) is 2.47. The Labute approximate surface area is 144 Å². The van der Waals surface area contributed by atoms with E-state index in [2.05, 4.69) is 15.3 Å². The summed E-state index contributed by atoms with van der Waals surface area (Å²) in [6.45, 7) is 1.74. The molecule has 0 radical (unpaired) electrons. The first-order chi connectivity index (χ1) is 11.5. The van der Waals surface area contributed by atoms with Crippen LogP contribution in [0.15, 0.2) is 42.9 Å². The number of carbonyl (C=O) groups is 1. The average Bonchev–Trinajstić information content (AvgIpc) is 2.95. The normalized spacial score (nSPS) is 13.7. The molecule has 3 rings (SSSR count). The number of aromatic nitrogens is 3. The van der Waals surface area contributed by atoms with E-state index in [9.17, 15) is 9.90 Å². The van der Waals surface area contributed by atoms with Gasteiger partial charge in [-0.2, -0.15) is 0 Å². The Bertz CT molecular complexity index is 876. The molecule has 2 unspecified atom stereocenters. The summed E-state index contributed by atoms with van der Waals surface area (Å²) in [4.78, 5) is 20.8. The molecule has 2 N–H and O–H groups in total. The number of rotatable bonds is 4. The van der Waals surface area contributed by atoms with Crippen molar-refractivity contribution in [3.63, 3.8) is 0 Å². The fourth-order valence-electron chi connectivity index (χ4n) is 2.46. The standard InChI is InChI=1S/C17H17ClN4O2/c1-10(15(23)11-3-5-13(18)6-4-11)21-17(24)12-7-14-16(19-8-12)22(2)9-20-14/h3-10,15,23H,1-2H3,(H,21,24). The Morgan fingerprint density at radius 2 is 2.00 bits per heavy atom. The predicted molar refractivity (Wildman–Crippen MR) is 91.8 cm³/mol. The lowest BCUT2D eigenvalue weighted by atomic mass is 10.0. The summed E-state index contributed by atoms with van der Waals surface area (Å²) < 4.78 is 1.78. The molecule has 0 aliphatic carbocycles. The molecule has 0 bridgehead atoms. The van der Waals surface area contributed by atoms with Crippen molar-refractivity contribution in [2.24, 2.45) is 7.05 Å². The van der Waals surface area contributed by atoms with Gasteiger partial charge in [-0.1, -0.05) is 23.7 Å². The van der Waals surface area contributed by atoms with Crippen LogP contribution in [-0.2, 0) is 7.05 Å². The lowest BCUT2D eigenvalue weighted by Crippen LogP contribution is -2.37. The molecule has 0 aliphatic heterocycles. The van der Waals surface area contributed by atoms with Crippen LogP contribution in [0.3, 0.4) is 0 Å². The lowest BCUT2D eigenvalue weighted by Gasteiger charge is -2.20. The van der Waals surface area contributed by atoms with Crippen molar-refractivity contribution in [2.75, 3.05) is 0 Å². The second kappa shape index (κ2) is 6.59. The van der Waals surface area contributed by atoms with Crippen LogP contribution in [0, 0.1) is 0 Å². The highest BCUT2D eigenvalue weighted by Gasteiger charge is 2.19. The van der Waals surface area contributed by atoms with E-state index >= 15 is 0 Å². The maximum Gasteiger partial charge on any atom is 0.253 e. The van der Waals surface area contributed by atoms with Gasteiger partial charge in [0.1, 0.15) is 5.52 Å². The zero-order valence-electron chi connectivity index (χ0n) is 13.3. The molecule has 7 heteroatoms. The van der Waals surface area contributed by atoms with E-state index < -0.39 is 12.1 Å². The summed E-state index contributed by atoms with van der Waals surface area (Å²) >= 11 is 5.84. The molecule has 0 aliphatic rings. The van der Waals surface area contributed by atoms with Gasteiger partial charge in [-0.3, -0.25) is 4.79 Å². The molecule has 2 heterocycles. The van der Waals surface area contributed by atoms with Crippen LogP contribution < -0.4 is 5.32 Å². The molecule has 2 aromatic heterocycles. The third kappa shape index (κ3) is 3.25. The largest absolute Gasteiger partial charge is 0.386 e. The summed E-state index contributed by atoms with van der Waals surface area (Å²) in [5, 5.41) is 13.7. The molecule has 0 fully saturated rings. The van der Waals surface area contributed by atoms with Crippen molar-refractivity contribution >= 4 is 28.7 Å². The highest BCUT2D eigenvalue weighted by atomic mass is 35.5.